The van der Waals surface area contributed by atoms with Gasteiger partial charge in [0.25, 0.3) is 5.91 Å². The van der Waals surface area contributed by atoms with Crippen molar-refractivity contribution >= 4 is 28.9 Å². The van der Waals surface area contributed by atoms with Crippen LogP contribution in [0, 0.1) is 0 Å². The van der Waals surface area contributed by atoms with Gasteiger partial charge in [0.05, 0.1) is 5.60 Å². The summed E-state index contributed by atoms with van der Waals surface area (Å²) < 4.78 is 5.84. The van der Waals surface area contributed by atoms with Crippen LogP contribution >= 0.6 is 11.6 Å². The molecule has 0 unspecified atom stereocenters. The maximum Gasteiger partial charge on any atom is 0.255 e. The van der Waals surface area contributed by atoms with Gasteiger partial charge in [-0.15, -0.1) is 0 Å². The van der Waals surface area contributed by atoms with Crippen LogP contribution in [0.25, 0.3) is 0 Å². The number of amides is 1. The number of nitrogens with one attached hydrogen (secondary N) is 2. The summed E-state index contributed by atoms with van der Waals surface area (Å²) in [5, 5.41) is 7.37. The van der Waals surface area contributed by atoms with Crippen LogP contribution in [0.3, 0.4) is 0 Å². The highest BCUT2D eigenvalue weighted by Gasteiger charge is 2.30. The summed E-state index contributed by atoms with van der Waals surface area (Å²) in [5.74, 6) is -0.154. The van der Waals surface area contributed by atoms with Gasteiger partial charge < -0.3 is 20.3 Å². The highest BCUT2D eigenvalue weighted by molar-refractivity contribution is 6.31. The highest BCUT2D eigenvalue weighted by atomic mass is 35.5. The number of piperidine rings is 1. The third-order valence-electron chi connectivity index (χ3n) is 6.24. The Hall–Kier alpha value is -2.08. The van der Waals surface area contributed by atoms with E-state index in [0.717, 1.165) is 51.1 Å². The second-order valence-corrected chi connectivity index (χ2v) is 9.67. The number of nitrogens with zero attached hydrogens (tertiary/aromatic N) is 1. The molecule has 2 aliphatic heterocycles. The molecular formula is C25H32ClN3O2. The van der Waals surface area contributed by atoms with Crippen LogP contribution in [0.5, 0.6) is 0 Å². The molecule has 166 valence electrons. The van der Waals surface area contributed by atoms with Crippen molar-refractivity contribution < 1.29 is 9.53 Å². The van der Waals surface area contributed by atoms with E-state index >= 15 is 0 Å². The molecular weight excluding hydrogens is 410 g/mol. The first-order chi connectivity index (χ1) is 14.9. The molecule has 6 heteroatoms. The summed E-state index contributed by atoms with van der Waals surface area (Å²) in [4.78, 5) is 14.8. The van der Waals surface area contributed by atoms with Crippen LogP contribution in [-0.2, 0) is 4.74 Å². The molecule has 5 nitrogen and oxygen atoms in total. The number of hydrogen-bond acceptors (Lipinski definition) is 4. The van der Waals surface area contributed by atoms with Crippen LogP contribution in [0.1, 0.15) is 49.9 Å². The minimum absolute atomic E-state index is 0.0133. The van der Waals surface area contributed by atoms with Crippen molar-refractivity contribution in [2.45, 2.75) is 57.2 Å². The molecule has 0 saturated carbocycles. The molecule has 4 rings (SSSR count). The Morgan fingerprint density at radius 3 is 2.48 bits per heavy atom. The fraction of sp³-hybridized carbons (Fsp3) is 0.480. The van der Waals surface area contributed by atoms with Gasteiger partial charge in [-0.2, -0.15) is 0 Å². The van der Waals surface area contributed by atoms with E-state index in [1.54, 1.807) is 24.3 Å². The van der Waals surface area contributed by atoms with Gasteiger partial charge in [0.15, 0.2) is 0 Å². The van der Waals surface area contributed by atoms with Crippen molar-refractivity contribution in [3.63, 3.8) is 0 Å². The standard InChI is InChI=1S/C25H32ClN3O2/c1-25(2)17-22(12-15-31-25)27-21-10-13-29(14-11-21)23-8-6-20(7-9-23)28-24(30)18-4-3-5-19(26)16-18/h3-9,16,21-22,27H,10-15,17H2,1-2H3,(H,28,30)/t22-/m1/s1. The average Bonchev–Trinajstić information content (AvgIpc) is 2.74. The van der Waals surface area contributed by atoms with E-state index in [1.807, 2.05) is 12.1 Å². The monoisotopic (exact) mass is 441 g/mol. The Labute approximate surface area is 190 Å². The minimum atomic E-state index is -0.154. The lowest BCUT2D eigenvalue weighted by molar-refractivity contribution is -0.0644. The lowest BCUT2D eigenvalue weighted by Crippen LogP contribution is -2.50. The van der Waals surface area contributed by atoms with Gasteiger partial charge in [-0.05, 0) is 82.0 Å². The van der Waals surface area contributed by atoms with Gasteiger partial charge in [0.1, 0.15) is 0 Å². The van der Waals surface area contributed by atoms with Gasteiger partial charge in [-0.3, -0.25) is 4.79 Å². The normalized spacial score (nSPS) is 21.6. The second-order valence-electron chi connectivity index (χ2n) is 9.24. The number of halogens is 1. The van der Waals surface area contributed by atoms with E-state index in [9.17, 15) is 4.79 Å². The maximum absolute atomic E-state index is 12.4. The smallest absolute Gasteiger partial charge is 0.255 e. The SMILES string of the molecule is CC1(C)C[C@H](NC2CCN(c3ccc(NC(=O)c4cccc(Cl)c4)cc3)CC2)CCO1. The van der Waals surface area contributed by atoms with E-state index in [1.165, 1.54) is 5.69 Å². The third kappa shape index (κ3) is 6.00. The van der Waals surface area contributed by atoms with Crippen LogP contribution in [-0.4, -0.2) is 43.3 Å². The second kappa shape index (κ2) is 9.60. The molecule has 0 bridgehead atoms. The summed E-state index contributed by atoms with van der Waals surface area (Å²) in [6.07, 6.45) is 4.47. The summed E-state index contributed by atoms with van der Waals surface area (Å²) >= 11 is 5.98. The van der Waals surface area contributed by atoms with Gasteiger partial charge in [-0.25, -0.2) is 0 Å². The number of ether oxygens (including phenoxy) is 1. The van der Waals surface area contributed by atoms with Crippen molar-refractivity contribution in [1.29, 1.82) is 0 Å². The number of carbonyl (C=O) groups is 1. The van der Waals surface area contributed by atoms with Crippen LogP contribution < -0.4 is 15.5 Å². The van der Waals surface area contributed by atoms with Crippen molar-refractivity contribution in [2.75, 3.05) is 29.9 Å². The molecule has 1 amide bonds. The Morgan fingerprint density at radius 2 is 1.81 bits per heavy atom. The molecule has 2 saturated heterocycles. The van der Waals surface area contributed by atoms with E-state index in [0.29, 0.717) is 22.7 Å². The van der Waals surface area contributed by atoms with Crippen LogP contribution in [0.15, 0.2) is 48.5 Å². The van der Waals surface area contributed by atoms with Crippen molar-refractivity contribution in [3.05, 3.63) is 59.1 Å². The molecule has 2 aromatic carbocycles. The zero-order valence-corrected chi connectivity index (χ0v) is 19.1. The predicted octanol–water partition coefficient (Wildman–Crippen LogP) is 5.11. The largest absolute Gasteiger partial charge is 0.375 e. The number of benzene rings is 2. The Kier molecular flexibility index (Phi) is 6.85. The topological polar surface area (TPSA) is 53.6 Å². The van der Waals surface area contributed by atoms with Gasteiger partial charge in [-0.1, -0.05) is 17.7 Å². The fourth-order valence-corrected chi connectivity index (χ4v) is 4.79. The summed E-state index contributed by atoms with van der Waals surface area (Å²) in [6, 6.07) is 16.2. The lowest BCUT2D eigenvalue weighted by atomic mass is 9.92. The molecule has 2 aromatic rings. The number of hydrogen-bond donors (Lipinski definition) is 2. The zero-order chi connectivity index (χ0) is 21.8. The number of anilines is 2. The quantitative estimate of drug-likeness (QED) is 0.677. The Bertz CT molecular complexity index is 892. The van der Waals surface area contributed by atoms with Crippen LogP contribution in [0.4, 0.5) is 11.4 Å². The zero-order valence-electron chi connectivity index (χ0n) is 18.4. The fourth-order valence-electron chi connectivity index (χ4n) is 4.60. The van der Waals surface area contributed by atoms with Crippen molar-refractivity contribution in [1.82, 2.24) is 5.32 Å². The number of rotatable bonds is 5. The molecule has 0 aliphatic carbocycles. The lowest BCUT2D eigenvalue weighted by Gasteiger charge is -2.40. The number of carbonyl (C=O) groups excluding carboxylic acids is 1. The van der Waals surface area contributed by atoms with Crippen molar-refractivity contribution in [3.8, 4) is 0 Å². The van der Waals surface area contributed by atoms with Gasteiger partial charge in [0.2, 0.25) is 0 Å². The van der Waals surface area contributed by atoms with Gasteiger partial charge >= 0.3 is 0 Å². The third-order valence-corrected chi connectivity index (χ3v) is 6.48. The highest BCUT2D eigenvalue weighted by Crippen LogP contribution is 2.27. The molecule has 1 atom stereocenters. The predicted molar refractivity (Wildman–Crippen MR) is 127 cm³/mol. The average molecular weight is 442 g/mol. The molecule has 2 heterocycles. The van der Waals surface area contributed by atoms with E-state index in [4.69, 9.17) is 16.3 Å². The minimum Gasteiger partial charge on any atom is -0.375 e. The first-order valence-electron chi connectivity index (χ1n) is 11.2. The molecule has 31 heavy (non-hydrogen) atoms. The summed E-state index contributed by atoms with van der Waals surface area (Å²) in [7, 11) is 0. The Balaban J connectivity index is 1.27. The Morgan fingerprint density at radius 1 is 1.06 bits per heavy atom. The molecule has 2 fully saturated rings. The summed E-state index contributed by atoms with van der Waals surface area (Å²) in [5.41, 5.74) is 2.53. The maximum atomic E-state index is 12.4. The van der Waals surface area contributed by atoms with Gasteiger partial charge in [0, 0.05) is 53.7 Å². The van der Waals surface area contributed by atoms with Crippen LogP contribution in [0.2, 0.25) is 5.02 Å². The molecule has 0 radical (unpaired) electrons. The molecule has 2 N–H and O–H groups in total. The van der Waals surface area contributed by atoms with E-state index < -0.39 is 0 Å². The molecule has 2 aliphatic rings. The van der Waals surface area contributed by atoms with E-state index in [-0.39, 0.29) is 11.5 Å². The summed E-state index contributed by atoms with van der Waals surface area (Å²) in [6.45, 7) is 7.30. The molecule has 0 aromatic heterocycles. The van der Waals surface area contributed by atoms with Crippen molar-refractivity contribution in [2.24, 2.45) is 0 Å². The molecule has 0 spiro atoms. The first-order valence-corrected chi connectivity index (χ1v) is 11.6. The first kappa shape index (κ1) is 22.1. The van der Waals surface area contributed by atoms with E-state index in [2.05, 4.69) is 41.5 Å².